The zero-order valence-electron chi connectivity index (χ0n) is 16.8. The van der Waals surface area contributed by atoms with Gasteiger partial charge in [-0.15, -0.1) is 11.8 Å². The highest BCUT2D eigenvalue weighted by atomic mass is 32.2. The molecule has 4 aromatic rings. The first kappa shape index (κ1) is 20.4. The third-order valence-electron chi connectivity index (χ3n) is 4.75. The maximum atomic E-state index is 12.6. The molecule has 1 aromatic heterocycles. The molecule has 0 saturated heterocycles. The summed E-state index contributed by atoms with van der Waals surface area (Å²) in [5, 5.41) is 2.94. The summed E-state index contributed by atoms with van der Waals surface area (Å²) in [7, 11) is 0. The molecule has 0 radical (unpaired) electrons. The quantitative estimate of drug-likeness (QED) is 0.368. The van der Waals surface area contributed by atoms with Crippen LogP contribution >= 0.6 is 23.1 Å². The van der Waals surface area contributed by atoms with Gasteiger partial charge in [-0.05, 0) is 61.9 Å². The van der Waals surface area contributed by atoms with Crippen molar-refractivity contribution in [3.63, 3.8) is 0 Å². The van der Waals surface area contributed by atoms with Crippen LogP contribution in [0.5, 0.6) is 0 Å². The Bertz CT molecular complexity index is 1230. The van der Waals surface area contributed by atoms with Crippen molar-refractivity contribution in [2.24, 2.45) is 0 Å². The van der Waals surface area contributed by atoms with E-state index < -0.39 is 0 Å². The first-order valence-corrected chi connectivity index (χ1v) is 11.5. The zero-order chi connectivity index (χ0) is 21.1. The first-order valence-electron chi connectivity index (χ1n) is 9.74. The summed E-state index contributed by atoms with van der Waals surface area (Å²) in [6.45, 7) is 3.98. The van der Waals surface area contributed by atoms with Crippen LogP contribution in [0.15, 0.2) is 82.5 Å². The number of aromatic nitrogens is 1. The van der Waals surface area contributed by atoms with Gasteiger partial charge in [0.2, 0.25) is 0 Å². The summed E-state index contributed by atoms with van der Waals surface area (Å²) in [6.07, 6.45) is 0. The Hall–Kier alpha value is -2.83. The zero-order valence-corrected chi connectivity index (χ0v) is 18.4. The van der Waals surface area contributed by atoms with Crippen LogP contribution in [0, 0.1) is 0 Å². The number of benzene rings is 3. The molecule has 1 N–H and O–H groups in total. The largest absolute Gasteiger partial charge is 0.322 e. The van der Waals surface area contributed by atoms with E-state index in [0.717, 1.165) is 16.0 Å². The monoisotopic (exact) mass is 434 g/mol. The van der Waals surface area contributed by atoms with Gasteiger partial charge in [0.15, 0.2) is 0 Å². The van der Waals surface area contributed by atoms with Crippen molar-refractivity contribution < 1.29 is 4.79 Å². The van der Waals surface area contributed by atoms with Crippen LogP contribution in [-0.2, 0) is 5.75 Å². The highest BCUT2D eigenvalue weighted by molar-refractivity contribution is 7.98. The maximum Gasteiger partial charge on any atom is 0.308 e. The second-order valence-corrected chi connectivity index (χ2v) is 9.31. The molecule has 0 fully saturated rings. The maximum absolute atomic E-state index is 12.6. The number of fused-ring (bicyclic) bond motifs is 1. The molecule has 0 aliphatic rings. The van der Waals surface area contributed by atoms with E-state index in [4.69, 9.17) is 0 Å². The van der Waals surface area contributed by atoms with Gasteiger partial charge in [-0.3, -0.25) is 14.2 Å². The van der Waals surface area contributed by atoms with Gasteiger partial charge < -0.3 is 5.32 Å². The summed E-state index contributed by atoms with van der Waals surface area (Å²) in [5.41, 5.74) is 3.37. The number of carbonyl (C=O) groups excluding carboxylic acids is 1. The molecule has 3 aromatic carbocycles. The highest BCUT2D eigenvalue weighted by Gasteiger charge is 2.12. The summed E-state index contributed by atoms with van der Waals surface area (Å²) in [6, 6.07) is 23.6. The molecule has 0 aliphatic carbocycles. The Morgan fingerprint density at radius 1 is 1.03 bits per heavy atom. The smallest absolute Gasteiger partial charge is 0.308 e. The standard InChI is InChI=1S/C24H22N2O2S2/c1-16(2)26-21-13-12-19(14-22(21)30-24(26)28)25-23(27)18-10-8-17(9-11-18)15-29-20-6-4-3-5-7-20/h3-14,16H,15H2,1-2H3,(H,25,27). The van der Waals surface area contributed by atoms with E-state index in [1.54, 1.807) is 16.3 Å². The summed E-state index contributed by atoms with van der Waals surface area (Å²) in [4.78, 5) is 26.1. The number of carbonyl (C=O) groups is 1. The molecule has 0 unspecified atom stereocenters. The van der Waals surface area contributed by atoms with Crippen molar-refractivity contribution in [3.8, 4) is 0 Å². The van der Waals surface area contributed by atoms with Gasteiger partial charge in [-0.1, -0.05) is 41.7 Å². The Morgan fingerprint density at radius 3 is 2.47 bits per heavy atom. The van der Waals surface area contributed by atoms with Crippen molar-refractivity contribution in [1.29, 1.82) is 0 Å². The second-order valence-electron chi connectivity index (χ2n) is 7.27. The molecule has 0 bridgehead atoms. The fourth-order valence-corrected chi connectivity index (χ4v) is 5.17. The Kier molecular flexibility index (Phi) is 6.06. The average molecular weight is 435 g/mol. The Labute approximate surface area is 183 Å². The second kappa shape index (κ2) is 8.90. The van der Waals surface area contributed by atoms with E-state index in [0.29, 0.717) is 11.3 Å². The number of hydrogen-bond acceptors (Lipinski definition) is 4. The summed E-state index contributed by atoms with van der Waals surface area (Å²) in [5.74, 6) is 0.696. The first-order chi connectivity index (χ1) is 14.5. The van der Waals surface area contributed by atoms with Gasteiger partial charge in [0, 0.05) is 27.9 Å². The van der Waals surface area contributed by atoms with E-state index in [2.05, 4.69) is 17.4 Å². The van der Waals surface area contributed by atoms with E-state index in [1.165, 1.54) is 21.8 Å². The van der Waals surface area contributed by atoms with E-state index in [-0.39, 0.29) is 16.8 Å². The van der Waals surface area contributed by atoms with Crippen molar-refractivity contribution in [2.75, 3.05) is 5.32 Å². The summed E-state index contributed by atoms with van der Waals surface area (Å²) >= 11 is 2.97. The lowest BCUT2D eigenvalue weighted by atomic mass is 10.1. The van der Waals surface area contributed by atoms with Gasteiger partial charge in [-0.25, -0.2) is 0 Å². The highest BCUT2D eigenvalue weighted by Crippen LogP contribution is 2.25. The number of hydrogen-bond donors (Lipinski definition) is 1. The van der Waals surface area contributed by atoms with Crippen molar-refractivity contribution in [1.82, 2.24) is 4.57 Å². The van der Waals surface area contributed by atoms with Crippen molar-refractivity contribution in [3.05, 3.63) is 93.6 Å². The number of nitrogens with one attached hydrogen (secondary N) is 1. The molecular weight excluding hydrogens is 412 g/mol. The minimum Gasteiger partial charge on any atom is -0.322 e. The van der Waals surface area contributed by atoms with Gasteiger partial charge in [0.1, 0.15) is 0 Å². The van der Waals surface area contributed by atoms with Gasteiger partial charge in [0.05, 0.1) is 10.2 Å². The molecule has 0 spiro atoms. The topological polar surface area (TPSA) is 51.1 Å². The van der Waals surface area contributed by atoms with Crippen LogP contribution in [-0.4, -0.2) is 10.5 Å². The fourth-order valence-electron chi connectivity index (χ4n) is 3.24. The third-order valence-corrected chi connectivity index (χ3v) is 6.75. The molecule has 4 rings (SSSR count). The predicted octanol–water partition coefficient (Wildman–Crippen LogP) is 6.19. The number of amides is 1. The molecule has 152 valence electrons. The van der Waals surface area contributed by atoms with Crippen molar-refractivity contribution >= 4 is 44.9 Å². The molecule has 1 heterocycles. The molecule has 0 saturated carbocycles. The average Bonchev–Trinajstić information content (AvgIpc) is 3.08. The van der Waals surface area contributed by atoms with Crippen molar-refractivity contribution in [2.45, 2.75) is 30.5 Å². The van der Waals surface area contributed by atoms with Crippen LogP contribution in [0.3, 0.4) is 0 Å². The van der Waals surface area contributed by atoms with Crippen LogP contribution in [0.4, 0.5) is 5.69 Å². The number of rotatable bonds is 6. The number of anilines is 1. The predicted molar refractivity (Wildman–Crippen MR) is 127 cm³/mol. The SMILES string of the molecule is CC(C)n1c(=O)sc2cc(NC(=O)c3ccc(CSc4ccccc4)cc3)ccc21. The van der Waals surface area contributed by atoms with Gasteiger partial charge in [-0.2, -0.15) is 0 Å². The molecule has 0 atom stereocenters. The minimum absolute atomic E-state index is 0.0208. The third kappa shape index (κ3) is 4.50. The number of thioether (sulfide) groups is 1. The molecule has 6 heteroatoms. The lowest BCUT2D eigenvalue weighted by Crippen LogP contribution is -2.14. The van der Waals surface area contributed by atoms with E-state index in [1.807, 2.05) is 74.5 Å². The lowest BCUT2D eigenvalue weighted by Gasteiger charge is -2.09. The number of nitrogens with zero attached hydrogens (tertiary/aromatic N) is 1. The van der Waals surface area contributed by atoms with Crippen LogP contribution in [0.2, 0.25) is 0 Å². The molecule has 1 amide bonds. The molecule has 30 heavy (non-hydrogen) atoms. The molecule has 0 aliphatic heterocycles. The van der Waals surface area contributed by atoms with Gasteiger partial charge in [0.25, 0.3) is 5.91 Å². The van der Waals surface area contributed by atoms with Gasteiger partial charge >= 0.3 is 4.87 Å². The fraction of sp³-hybridized carbons (Fsp3) is 0.167. The molecule has 4 nitrogen and oxygen atoms in total. The van der Waals surface area contributed by atoms with E-state index in [9.17, 15) is 9.59 Å². The Morgan fingerprint density at radius 2 is 1.77 bits per heavy atom. The van der Waals surface area contributed by atoms with Crippen LogP contribution < -0.4 is 10.2 Å². The van der Waals surface area contributed by atoms with Crippen LogP contribution in [0.1, 0.15) is 35.8 Å². The van der Waals surface area contributed by atoms with E-state index >= 15 is 0 Å². The lowest BCUT2D eigenvalue weighted by molar-refractivity contribution is 0.102. The number of thiazole rings is 1. The normalized spacial score (nSPS) is 11.2. The van der Waals surface area contributed by atoms with Crippen LogP contribution in [0.25, 0.3) is 10.2 Å². The molecular formula is C24H22N2O2S2. The summed E-state index contributed by atoms with van der Waals surface area (Å²) < 4.78 is 2.65. The minimum atomic E-state index is -0.160. The Balaban J connectivity index is 1.44.